The normalized spacial score (nSPS) is 25.6. The summed E-state index contributed by atoms with van der Waals surface area (Å²) in [6.07, 6.45) is 8.78. The molecule has 0 aromatic carbocycles. The van der Waals surface area contributed by atoms with Gasteiger partial charge in [-0.25, -0.2) is 4.98 Å². The van der Waals surface area contributed by atoms with E-state index in [9.17, 15) is 0 Å². The van der Waals surface area contributed by atoms with Crippen molar-refractivity contribution in [1.29, 1.82) is 0 Å². The van der Waals surface area contributed by atoms with Crippen LogP contribution in [0, 0.1) is 5.92 Å². The van der Waals surface area contributed by atoms with Gasteiger partial charge in [0.2, 0.25) is 0 Å². The SMILES string of the molecule is CC1CCCC(n2c(C(C)Cl)nc3cnccc32)C1. The van der Waals surface area contributed by atoms with E-state index in [2.05, 4.69) is 27.5 Å². The molecule has 2 aromatic heterocycles. The summed E-state index contributed by atoms with van der Waals surface area (Å²) in [6.45, 7) is 4.34. The van der Waals surface area contributed by atoms with Gasteiger partial charge in [-0.15, -0.1) is 11.6 Å². The number of alkyl halides is 1. The lowest BCUT2D eigenvalue weighted by Crippen LogP contribution is -2.19. The van der Waals surface area contributed by atoms with Crippen LogP contribution in [-0.2, 0) is 0 Å². The van der Waals surface area contributed by atoms with Crippen LogP contribution in [0.15, 0.2) is 18.5 Å². The van der Waals surface area contributed by atoms with Crippen molar-refractivity contribution in [2.24, 2.45) is 5.92 Å². The molecule has 0 bridgehead atoms. The lowest BCUT2D eigenvalue weighted by molar-refractivity contribution is 0.282. The van der Waals surface area contributed by atoms with E-state index in [-0.39, 0.29) is 5.38 Å². The average molecular weight is 278 g/mol. The molecule has 0 spiro atoms. The Kier molecular flexibility index (Phi) is 3.48. The van der Waals surface area contributed by atoms with Crippen LogP contribution < -0.4 is 0 Å². The maximum atomic E-state index is 6.33. The van der Waals surface area contributed by atoms with E-state index < -0.39 is 0 Å². The zero-order chi connectivity index (χ0) is 13.4. The minimum atomic E-state index is -0.0652. The first kappa shape index (κ1) is 12.9. The molecular weight excluding hydrogens is 258 g/mol. The molecule has 3 nitrogen and oxygen atoms in total. The average Bonchev–Trinajstić information content (AvgIpc) is 2.78. The summed E-state index contributed by atoms with van der Waals surface area (Å²) in [5.74, 6) is 1.78. The summed E-state index contributed by atoms with van der Waals surface area (Å²) in [4.78, 5) is 8.85. The second-order valence-corrected chi connectivity index (χ2v) is 6.40. The number of pyridine rings is 1. The molecule has 3 unspecified atom stereocenters. The Morgan fingerprint density at radius 1 is 1.42 bits per heavy atom. The molecule has 4 heteroatoms. The summed E-state index contributed by atoms with van der Waals surface area (Å²) in [7, 11) is 0. The molecule has 1 aliphatic rings. The van der Waals surface area contributed by atoms with Gasteiger partial charge >= 0.3 is 0 Å². The van der Waals surface area contributed by atoms with Crippen molar-refractivity contribution in [3.8, 4) is 0 Å². The molecule has 2 heterocycles. The van der Waals surface area contributed by atoms with Crippen LogP contribution in [0.5, 0.6) is 0 Å². The molecule has 1 saturated carbocycles. The van der Waals surface area contributed by atoms with Gasteiger partial charge in [-0.1, -0.05) is 19.8 Å². The molecule has 3 rings (SSSR count). The minimum absolute atomic E-state index is 0.0652. The Hall–Kier alpha value is -1.09. The van der Waals surface area contributed by atoms with E-state index >= 15 is 0 Å². The van der Waals surface area contributed by atoms with E-state index in [1.165, 1.54) is 31.2 Å². The van der Waals surface area contributed by atoms with Crippen LogP contribution >= 0.6 is 11.6 Å². The molecule has 0 amide bonds. The molecule has 1 aliphatic carbocycles. The molecular formula is C15H20ClN3. The third-order valence-electron chi connectivity index (χ3n) is 4.15. The molecule has 0 aliphatic heterocycles. The van der Waals surface area contributed by atoms with Gasteiger partial charge < -0.3 is 4.57 Å². The Labute approximate surface area is 119 Å². The number of hydrogen-bond donors (Lipinski definition) is 0. The third kappa shape index (κ3) is 2.36. The molecule has 102 valence electrons. The zero-order valence-corrected chi connectivity index (χ0v) is 12.3. The van der Waals surface area contributed by atoms with Gasteiger partial charge in [0.1, 0.15) is 11.3 Å². The van der Waals surface area contributed by atoms with Gasteiger partial charge in [-0.2, -0.15) is 0 Å². The lowest BCUT2D eigenvalue weighted by Gasteiger charge is -2.30. The van der Waals surface area contributed by atoms with Crippen molar-refractivity contribution in [3.05, 3.63) is 24.3 Å². The van der Waals surface area contributed by atoms with Gasteiger partial charge in [0.05, 0.1) is 17.1 Å². The second-order valence-electron chi connectivity index (χ2n) is 5.75. The number of nitrogens with zero attached hydrogens (tertiary/aromatic N) is 3. The quantitative estimate of drug-likeness (QED) is 0.758. The highest BCUT2D eigenvalue weighted by molar-refractivity contribution is 6.20. The Morgan fingerprint density at radius 2 is 2.26 bits per heavy atom. The first-order valence-electron chi connectivity index (χ1n) is 7.12. The summed E-state index contributed by atoms with van der Waals surface area (Å²) >= 11 is 6.33. The van der Waals surface area contributed by atoms with Crippen molar-refractivity contribution < 1.29 is 0 Å². The van der Waals surface area contributed by atoms with Crippen molar-refractivity contribution in [1.82, 2.24) is 14.5 Å². The van der Waals surface area contributed by atoms with E-state index in [1.807, 2.05) is 19.3 Å². The maximum absolute atomic E-state index is 6.33. The predicted molar refractivity (Wildman–Crippen MR) is 78.5 cm³/mol. The van der Waals surface area contributed by atoms with Crippen LogP contribution in [0.4, 0.5) is 0 Å². The van der Waals surface area contributed by atoms with Gasteiger partial charge in [0, 0.05) is 12.2 Å². The van der Waals surface area contributed by atoms with Crippen molar-refractivity contribution in [2.45, 2.75) is 50.9 Å². The van der Waals surface area contributed by atoms with E-state index in [1.54, 1.807) is 0 Å². The topological polar surface area (TPSA) is 30.7 Å². The number of fused-ring (bicyclic) bond motifs is 1. The summed E-state index contributed by atoms with van der Waals surface area (Å²) in [5, 5.41) is -0.0652. The molecule has 0 saturated heterocycles. The van der Waals surface area contributed by atoms with E-state index in [0.717, 1.165) is 17.3 Å². The first-order valence-corrected chi connectivity index (χ1v) is 7.56. The Balaban J connectivity index is 2.11. The second kappa shape index (κ2) is 5.12. The van der Waals surface area contributed by atoms with E-state index in [4.69, 9.17) is 11.6 Å². The fraction of sp³-hybridized carbons (Fsp3) is 0.600. The highest BCUT2D eigenvalue weighted by Crippen LogP contribution is 2.37. The third-order valence-corrected chi connectivity index (χ3v) is 4.34. The van der Waals surface area contributed by atoms with Gasteiger partial charge in [0.15, 0.2) is 0 Å². The largest absolute Gasteiger partial charge is 0.324 e. The predicted octanol–water partition coefficient (Wildman–Crippen LogP) is 4.48. The van der Waals surface area contributed by atoms with Crippen LogP contribution in [0.25, 0.3) is 11.0 Å². The molecule has 2 aromatic rings. The maximum Gasteiger partial charge on any atom is 0.128 e. The Bertz CT molecular complexity index is 576. The number of halogens is 1. The first-order chi connectivity index (χ1) is 9.16. The van der Waals surface area contributed by atoms with Crippen molar-refractivity contribution in [3.63, 3.8) is 0 Å². The number of aromatic nitrogens is 3. The van der Waals surface area contributed by atoms with Crippen molar-refractivity contribution >= 4 is 22.6 Å². The lowest BCUT2D eigenvalue weighted by atomic mass is 9.87. The number of hydrogen-bond acceptors (Lipinski definition) is 2. The van der Waals surface area contributed by atoms with Gasteiger partial charge in [-0.3, -0.25) is 4.98 Å². The highest BCUT2D eigenvalue weighted by Gasteiger charge is 2.25. The monoisotopic (exact) mass is 277 g/mol. The fourth-order valence-electron chi connectivity index (χ4n) is 3.27. The van der Waals surface area contributed by atoms with Crippen LogP contribution in [0.1, 0.15) is 56.8 Å². The van der Waals surface area contributed by atoms with Gasteiger partial charge in [-0.05, 0) is 31.7 Å². The number of imidazole rings is 1. The van der Waals surface area contributed by atoms with Crippen molar-refractivity contribution in [2.75, 3.05) is 0 Å². The Morgan fingerprint density at radius 3 is 3.00 bits per heavy atom. The zero-order valence-electron chi connectivity index (χ0n) is 11.5. The molecule has 1 fully saturated rings. The molecule has 0 radical (unpaired) electrons. The van der Waals surface area contributed by atoms with E-state index in [0.29, 0.717) is 6.04 Å². The fourth-order valence-corrected chi connectivity index (χ4v) is 3.42. The molecule has 0 N–H and O–H groups in total. The highest BCUT2D eigenvalue weighted by atomic mass is 35.5. The number of rotatable bonds is 2. The van der Waals surface area contributed by atoms with Crippen LogP contribution in [0.2, 0.25) is 0 Å². The summed E-state index contributed by atoms with van der Waals surface area (Å²) < 4.78 is 2.37. The molecule has 3 atom stereocenters. The van der Waals surface area contributed by atoms with Gasteiger partial charge in [0.25, 0.3) is 0 Å². The molecule has 19 heavy (non-hydrogen) atoms. The summed E-state index contributed by atoms with van der Waals surface area (Å²) in [6, 6.07) is 2.59. The van der Waals surface area contributed by atoms with Crippen LogP contribution in [0.3, 0.4) is 0 Å². The van der Waals surface area contributed by atoms with Crippen LogP contribution in [-0.4, -0.2) is 14.5 Å². The standard InChI is InChI=1S/C15H20ClN3/c1-10-4-3-5-12(8-10)19-14-6-7-17-9-13(14)18-15(19)11(2)16/h6-7,9-12H,3-5,8H2,1-2H3. The smallest absolute Gasteiger partial charge is 0.128 e. The summed E-state index contributed by atoms with van der Waals surface area (Å²) in [5.41, 5.74) is 2.14. The minimum Gasteiger partial charge on any atom is -0.324 e.